The van der Waals surface area contributed by atoms with Crippen LogP contribution in [0.25, 0.3) is 0 Å². The Hall–Kier alpha value is -4.53. The third kappa shape index (κ3) is 6.86. The first-order valence-corrected chi connectivity index (χ1v) is 18.2. The number of aromatic nitrogens is 4. The zero-order valence-electron chi connectivity index (χ0n) is 28.7. The van der Waals surface area contributed by atoms with Gasteiger partial charge in [-0.3, -0.25) is 9.59 Å². The summed E-state index contributed by atoms with van der Waals surface area (Å²) >= 11 is 0. The fourth-order valence-corrected chi connectivity index (χ4v) is 9.23. The van der Waals surface area contributed by atoms with Crippen LogP contribution in [0.1, 0.15) is 79.4 Å². The summed E-state index contributed by atoms with van der Waals surface area (Å²) in [7, 11) is 0. The second-order valence-corrected chi connectivity index (χ2v) is 15.1. The number of rotatable bonds is 7. The number of carbonyl (C=O) groups is 2. The third-order valence-corrected chi connectivity index (χ3v) is 11.7. The molecule has 0 radical (unpaired) electrons. The normalized spacial score (nSPS) is 25.8. The Bertz CT molecular complexity index is 1790. The molecule has 2 atom stereocenters. The van der Waals surface area contributed by atoms with Crippen molar-refractivity contribution in [2.24, 2.45) is 17.8 Å². The third-order valence-electron chi connectivity index (χ3n) is 11.7. The van der Waals surface area contributed by atoms with Crippen molar-refractivity contribution in [2.45, 2.75) is 81.5 Å². The average molecular weight is 722 g/mol. The van der Waals surface area contributed by atoms with Crippen LogP contribution in [0.5, 0.6) is 5.75 Å². The maximum Gasteiger partial charge on any atom is 0.434 e. The monoisotopic (exact) mass is 721 g/mol. The number of carboxylic acids is 1. The maximum atomic E-state index is 14.6. The van der Waals surface area contributed by atoms with Crippen molar-refractivity contribution in [1.82, 2.24) is 25.3 Å². The number of piperidine rings is 1. The van der Waals surface area contributed by atoms with Crippen LogP contribution in [0.4, 0.5) is 30.8 Å². The summed E-state index contributed by atoms with van der Waals surface area (Å²) in [5, 5.41) is 12.3. The molecule has 2 saturated carbocycles. The summed E-state index contributed by atoms with van der Waals surface area (Å²) in [5.41, 5.74) is -0.612. The number of benzene rings is 1. The summed E-state index contributed by atoms with van der Waals surface area (Å²) in [5.74, 6) is -0.582. The van der Waals surface area contributed by atoms with Gasteiger partial charge in [-0.15, -0.1) is 0 Å². The molecule has 1 aromatic carbocycles. The molecule has 52 heavy (non-hydrogen) atoms. The van der Waals surface area contributed by atoms with Gasteiger partial charge in [-0.25, -0.2) is 19.9 Å². The zero-order valence-corrected chi connectivity index (χ0v) is 28.7. The van der Waals surface area contributed by atoms with E-state index in [0.717, 1.165) is 44.1 Å². The van der Waals surface area contributed by atoms with E-state index in [1.54, 1.807) is 23.4 Å². The van der Waals surface area contributed by atoms with Gasteiger partial charge in [-0.05, 0) is 86.6 Å². The van der Waals surface area contributed by atoms with E-state index in [-0.39, 0.29) is 29.9 Å². The highest BCUT2D eigenvalue weighted by Crippen LogP contribution is 2.50. The molecule has 8 rings (SSSR count). The summed E-state index contributed by atoms with van der Waals surface area (Å²) in [6.45, 7) is 2.93. The number of hydrogen-bond donors (Lipinski definition) is 2. The lowest BCUT2D eigenvalue weighted by atomic mass is 9.66. The molecule has 1 amide bonds. The van der Waals surface area contributed by atoms with Gasteiger partial charge in [0.15, 0.2) is 5.69 Å². The minimum absolute atomic E-state index is 0.00704. The molecule has 2 unspecified atom stereocenters. The topological polar surface area (TPSA) is 143 Å². The fourth-order valence-electron chi connectivity index (χ4n) is 9.23. The summed E-state index contributed by atoms with van der Waals surface area (Å²) in [6, 6.07) is 7.18. The zero-order chi connectivity index (χ0) is 36.0. The van der Waals surface area contributed by atoms with Crippen LogP contribution in [-0.4, -0.2) is 81.9 Å². The minimum atomic E-state index is -4.90. The fraction of sp³-hybridized carbons (Fsp3) is 0.568. The van der Waals surface area contributed by atoms with Crippen molar-refractivity contribution >= 4 is 29.5 Å². The molecule has 12 nitrogen and oxygen atoms in total. The standard InChI is InChI=1S/C37H42F3N7O5/c38-37(39,40)31-28(32(48)44-25-17-22-14-23(18-25)16-24(15-22)33(49)50)20-43-35(45-31)47-21-36(6-12-51-13-7-36)29-19-27(2-3-30(29)47)52-26-4-10-46(11-5-26)34-41-8-1-9-42-34/h1-3,8-9,19-20,22-26H,4-7,10-18,21H2,(H,44,48)(H,49,50). The lowest BCUT2D eigenvalue weighted by Gasteiger charge is -2.41. The number of nitrogens with one attached hydrogen (secondary N) is 1. The molecule has 2 N–H and O–H groups in total. The predicted octanol–water partition coefficient (Wildman–Crippen LogP) is 5.54. The van der Waals surface area contributed by atoms with E-state index in [0.29, 0.717) is 75.7 Å². The highest BCUT2D eigenvalue weighted by atomic mass is 19.4. The Morgan fingerprint density at radius 3 is 2.35 bits per heavy atom. The SMILES string of the molecule is O=C(NC1CC2CC(C1)CC(C(=O)O)C2)c1cnc(N2CC3(CCOCC3)c3cc(OC4CCN(c5ncccn5)CC4)ccc32)nc1C(F)(F)F. The second-order valence-electron chi connectivity index (χ2n) is 15.1. The van der Waals surface area contributed by atoms with Gasteiger partial charge < -0.3 is 29.7 Å². The van der Waals surface area contributed by atoms with E-state index >= 15 is 0 Å². The van der Waals surface area contributed by atoms with Crippen molar-refractivity contribution in [3.63, 3.8) is 0 Å². The van der Waals surface area contributed by atoms with Crippen molar-refractivity contribution < 1.29 is 37.3 Å². The molecule has 1 spiro atoms. The van der Waals surface area contributed by atoms with Crippen LogP contribution in [0.2, 0.25) is 0 Å². The molecular formula is C37H42F3N7O5. The van der Waals surface area contributed by atoms with E-state index in [1.165, 1.54) is 0 Å². The number of amides is 1. The van der Waals surface area contributed by atoms with Crippen LogP contribution >= 0.6 is 0 Å². The van der Waals surface area contributed by atoms with Gasteiger partial charge in [0.05, 0.1) is 11.5 Å². The summed E-state index contributed by atoms with van der Waals surface area (Å²) < 4.78 is 56.0. The molecule has 276 valence electrons. The van der Waals surface area contributed by atoms with Crippen LogP contribution in [0.3, 0.4) is 0 Å². The highest BCUT2D eigenvalue weighted by Gasteiger charge is 2.47. The van der Waals surface area contributed by atoms with E-state index in [1.807, 2.05) is 18.2 Å². The van der Waals surface area contributed by atoms with E-state index < -0.39 is 40.6 Å². The Morgan fingerprint density at radius 2 is 1.67 bits per heavy atom. The highest BCUT2D eigenvalue weighted by molar-refractivity contribution is 5.95. The van der Waals surface area contributed by atoms with Gasteiger partial charge in [0.2, 0.25) is 11.9 Å². The van der Waals surface area contributed by atoms with Gasteiger partial charge in [-0.2, -0.15) is 13.2 Å². The number of anilines is 3. The number of carbonyl (C=O) groups excluding carboxylic acids is 1. The summed E-state index contributed by atoms with van der Waals surface area (Å²) in [4.78, 5) is 46.0. The van der Waals surface area contributed by atoms with Gasteiger partial charge in [0.1, 0.15) is 11.9 Å². The molecule has 5 heterocycles. The first-order chi connectivity index (χ1) is 25.0. The van der Waals surface area contributed by atoms with E-state index in [2.05, 4.69) is 30.2 Å². The second kappa shape index (κ2) is 13.8. The Labute approximate surface area is 299 Å². The first kappa shape index (κ1) is 34.6. The van der Waals surface area contributed by atoms with Crippen molar-refractivity contribution in [2.75, 3.05) is 42.6 Å². The van der Waals surface area contributed by atoms with Crippen molar-refractivity contribution in [3.05, 3.63) is 59.7 Å². The van der Waals surface area contributed by atoms with Crippen LogP contribution < -0.4 is 19.9 Å². The molecule has 3 aliphatic heterocycles. The molecule has 4 fully saturated rings. The number of ether oxygens (including phenoxy) is 2. The van der Waals surface area contributed by atoms with Crippen LogP contribution in [-0.2, 0) is 21.1 Å². The molecule has 2 saturated heterocycles. The van der Waals surface area contributed by atoms with Crippen molar-refractivity contribution in [1.29, 1.82) is 0 Å². The molecule has 2 aromatic heterocycles. The number of fused-ring (bicyclic) bond motifs is 4. The predicted molar refractivity (Wildman–Crippen MR) is 183 cm³/mol. The molecule has 15 heteroatoms. The molecule has 2 aliphatic carbocycles. The smallest absolute Gasteiger partial charge is 0.434 e. The number of hydrogen-bond acceptors (Lipinski definition) is 10. The average Bonchev–Trinajstić information content (AvgIpc) is 3.43. The van der Waals surface area contributed by atoms with Crippen LogP contribution in [0.15, 0.2) is 42.9 Å². The largest absolute Gasteiger partial charge is 0.490 e. The van der Waals surface area contributed by atoms with Gasteiger partial charge in [0, 0.05) is 81.4 Å². The number of nitrogens with zero attached hydrogens (tertiary/aromatic N) is 6. The maximum absolute atomic E-state index is 14.6. The van der Waals surface area contributed by atoms with Crippen molar-refractivity contribution in [3.8, 4) is 5.75 Å². The lowest BCUT2D eigenvalue weighted by molar-refractivity contribution is -0.144. The van der Waals surface area contributed by atoms with Crippen LogP contribution in [0, 0.1) is 17.8 Å². The minimum Gasteiger partial charge on any atom is -0.490 e. The Kier molecular flexibility index (Phi) is 9.16. The van der Waals surface area contributed by atoms with E-state index in [9.17, 15) is 27.9 Å². The first-order valence-electron chi connectivity index (χ1n) is 18.2. The molecular weight excluding hydrogens is 679 g/mol. The van der Waals surface area contributed by atoms with Gasteiger partial charge in [-0.1, -0.05) is 0 Å². The Morgan fingerprint density at radius 1 is 0.962 bits per heavy atom. The summed E-state index contributed by atoms with van der Waals surface area (Å²) in [6.07, 6.45) is 5.48. The Balaban J connectivity index is 1.01. The number of carboxylic acid groups (broad SMARTS) is 1. The number of halogens is 3. The lowest BCUT2D eigenvalue weighted by Crippen LogP contribution is -2.44. The number of aliphatic carboxylic acids is 1. The number of alkyl halides is 3. The molecule has 5 aliphatic rings. The van der Waals surface area contributed by atoms with Gasteiger partial charge >= 0.3 is 12.1 Å². The quantitative estimate of drug-likeness (QED) is 0.318. The molecule has 2 bridgehead atoms. The molecule has 3 aromatic rings. The van der Waals surface area contributed by atoms with Gasteiger partial charge in [0.25, 0.3) is 5.91 Å². The van der Waals surface area contributed by atoms with E-state index in [4.69, 9.17) is 9.47 Å².